The largest absolute Gasteiger partial charge is 0.396 e. The van der Waals surface area contributed by atoms with Crippen LogP contribution in [0.15, 0.2) is 0 Å². The zero-order valence-corrected chi connectivity index (χ0v) is 8.79. The number of aliphatic hydroxyl groups is 1. The van der Waals surface area contributed by atoms with Crippen molar-refractivity contribution in [2.75, 3.05) is 13.2 Å². The van der Waals surface area contributed by atoms with Gasteiger partial charge in [-0.25, -0.2) is 0 Å². The van der Waals surface area contributed by atoms with E-state index < -0.39 is 0 Å². The first kappa shape index (κ1) is 12.1. The van der Waals surface area contributed by atoms with Crippen molar-refractivity contribution in [3.05, 3.63) is 0 Å². The summed E-state index contributed by atoms with van der Waals surface area (Å²) in [6.07, 6.45) is 4.11. The minimum absolute atomic E-state index is 0.196. The van der Waals surface area contributed by atoms with Gasteiger partial charge in [0.25, 0.3) is 0 Å². The molecule has 3 N–H and O–H groups in total. The van der Waals surface area contributed by atoms with Crippen LogP contribution in [0.2, 0.25) is 0 Å². The predicted octanol–water partition coefficient (Wildman–Crippen LogP) is -0.456. The molecular formula is C10H18N2O3. The SMILES string of the molecule is O=C1CC(NCCCCCCO)C(=O)N1. The van der Waals surface area contributed by atoms with Gasteiger partial charge in [0.05, 0.1) is 12.5 Å². The number of carbonyl (C=O) groups is 2. The molecule has 1 aliphatic heterocycles. The number of unbranched alkanes of at least 4 members (excludes halogenated alkanes) is 3. The third kappa shape index (κ3) is 4.40. The number of hydrogen-bond donors (Lipinski definition) is 3. The number of carbonyl (C=O) groups excluding carboxylic acids is 2. The van der Waals surface area contributed by atoms with E-state index in [0.717, 1.165) is 32.2 Å². The molecule has 0 radical (unpaired) electrons. The molecule has 5 heteroatoms. The number of rotatable bonds is 7. The van der Waals surface area contributed by atoms with Gasteiger partial charge in [-0.05, 0) is 19.4 Å². The van der Waals surface area contributed by atoms with Crippen molar-refractivity contribution >= 4 is 11.8 Å². The molecule has 1 heterocycles. The summed E-state index contributed by atoms with van der Waals surface area (Å²) in [5.74, 6) is -0.409. The second-order valence-corrected chi connectivity index (χ2v) is 3.76. The van der Waals surface area contributed by atoms with Gasteiger partial charge in [0.2, 0.25) is 11.8 Å². The highest BCUT2D eigenvalue weighted by Crippen LogP contribution is 2.02. The van der Waals surface area contributed by atoms with Gasteiger partial charge < -0.3 is 10.4 Å². The van der Waals surface area contributed by atoms with Crippen LogP contribution < -0.4 is 10.6 Å². The Morgan fingerprint density at radius 1 is 1.27 bits per heavy atom. The molecule has 1 unspecified atom stereocenters. The van der Waals surface area contributed by atoms with E-state index in [-0.39, 0.29) is 30.9 Å². The van der Waals surface area contributed by atoms with Crippen molar-refractivity contribution in [1.82, 2.24) is 10.6 Å². The minimum Gasteiger partial charge on any atom is -0.396 e. The Morgan fingerprint density at radius 2 is 2.00 bits per heavy atom. The first-order chi connectivity index (χ1) is 7.24. The molecule has 0 aromatic carbocycles. The van der Waals surface area contributed by atoms with E-state index >= 15 is 0 Å². The van der Waals surface area contributed by atoms with E-state index in [9.17, 15) is 9.59 Å². The van der Waals surface area contributed by atoms with Crippen LogP contribution in [0.4, 0.5) is 0 Å². The van der Waals surface area contributed by atoms with Crippen molar-refractivity contribution in [3.63, 3.8) is 0 Å². The third-order valence-electron chi connectivity index (χ3n) is 2.44. The van der Waals surface area contributed by atoms with Crippen molar-refractivity contribution in [3.8, 4) is 0 Å². The molecule has 1 fully saturated rings. The zero-order chi connectivity index (χ0) is 11.1. The fourth-order valence-corrected chi connectivity index (χ4v) is 1.59. The van der Waals surface area contributed by atoms with Gasteiger partial charge in [0.15, 0.2) is 0 Å². The fourth-order valence-electron chi connectivity index (χ4n) is 1.59. The number of imide groups is 1. The number of aliphatic hydroxyl groups excluding tert-OH is 1. The summed E-state index contributed by atoms with van der Waals surface area (Å²) in [5.41, 5.74) is 0. The first-order valence-corrected chi connectivity index (χ1v) is 5.42. The Morgan fingerprint density at radius 3 is 2.60 bits per heavy atom. The molecule has 1 atom stereocenters. The maximum Gasteiger partial charge on any atom is 0.244 e. The molecule has 0 aromatic heterocycles. The van der Waals surface area contributed by atoms with Gasteiger partial charge in [-0.3, -0.25) is 14.9 Å². The Bertz CT molecular complexity index is 231. The van der Waals surface area contributed by atoms with E-state index in [1.54, 1.807) is 0 Å². The number of nitrogens with one attached hydrogen (secondary N) is 2. The molecule has 0 bridgehead atoms. The predicted molar refractivity (Wildman–Crippen MR) is 55.1 cm³/mol. The van der Waals surface area contributed by atoms with Crippen LogP contribution in [0.1, 0.15) is 32.1 Å². The number of hydrogen-bond acceptors (Lipinski definition) is 4. The Balaban J connectivity index is 2.00. The highest BCUT2D eigenvalue weighted by atomic mass is 16.3. The molecule has 0 aliphatic carbocycles. The molecule has 1 aliphatic rings. The first-order valence-electron chi connectivity index (χ1n) is 5.42. The maximum absolute atomic E-state index is 11.1. The highest BCUT2D eigenvalue weighted by molar-refractivity contribution is 6.05. The van der Waals surface area contributed by atoms with Crippen LogP contribution in [0, 0.1) is 0 Å². The quantitative estimate of drug-likeness (QED) is 0.396. The van der Waals surface area contributed by atoms with Crippen molar-refractivity contribution in [2.24, 2.45) is 0 Å². The average molecular weight is 214 g/mol. The third-order valence-corrected chi connectivity index (χ3v) is 2.44. The molecule has 5 nitrogen and oxygen atoms in total. The van der Waals surface area contributed by atoms with Gasteiger partial charge in [-0.15, -0.1) is 0 Å². The van der Waals surface area contributed by atoms with Gasteiger partial charge in [-0.2, -0.15) is 0 Å². The summed E-state index contributed by atoms with van der Waals surface area (Å²) in [5, 5.41) is 13.9. The van der Waals surface area contributed by atoms with E-state index in [0.29, 0.717) is 0 Å². The van der Waals surface area contributed by atoms with Crippen molar-refractivity contribution in [2.45, 2.75) is 38.1 Å². The lowest BCUT2D eigenvalue weighted by atomic mass is 10.2. The lowest BCUT2D eigenvalue weighted by Gasteiger charge is -2.08. The summed E-state index contributed by atoms with van der Waals surface area (Å²) < 4.78 is 0. The van der Waals surface area contributed by atoms with Gasteiger partial charge in [-0.1, -0.05) is 12.8 Å². The molecule has 86 valence electrons. The monoisotopic (exact) mass is 214 g/mol. The summed E-state index contributed by atoms with van der Waals surface area (Å²) in [7, 11) is 0. The molecule has 2 amide bonds. The molecule has 15 heavy (non-hydrogen) atoms. The van der Waals surface area contributed by atoms with Crippen LogP contribution in [-0.4, -0.2) is 36.1 Å². The second kappa shape index (κ2) is 6.53. The van der Waals surface area contributed by atoms with E-state index in [2.05, 4.69) is 10.6 Å². The van der Waals surface area contributed by atoms with Crippen LogP contribution in [0.3, 0.4) is 0 Å². The standard InChI is InChI=1S/C10H18N2O3/c13-6-4-2-1-3-5-11-8-7-9(14)12-10(8)15/h8,11,13H,1-7H2,(H,12,14,15). The number of amides is 2. The topological polar surface area (TPSA) is 78.4 Å². The molecule has 1 saturated heterocycles. The second-order valence-electron chi connectivity index (χ2n) is 3.76. The lowest BCUT2D eigenvalue weighted by Crippen LogP contribution is -2.36. The highest BCUT2D eigenvalue weighted by Gasteiger charge is 2.29. The van der Waals surface area contributed by atoms with E-state index in [1.165, 1.54) is 0 Å². The smallest absolute Gasteiger partial charge is 0.244 e. The van der Waals surface area contributed by atoms with Gasteiger partial charge >= 0.3 is 0 Å². The van der Waals surface area contributed by atoms with Gasteiger partial charge in [0, 0.05) is 6.61 Å². The molecular weight excluding hydrogens is 196 g/mol. The van der Waals surface area contributed by atoms with Crippen LogP contribution in [0.5, 0.6) is 0 Å². The Kier molecular flexibility index (Phi) is 5.28. The Labute approximate surface area is 89.2 Å². The minimum atomic E-state index is -0.338. The van der Waals surface area contributed by atoms with Crippen molar-refractivity contribution in [1.29, 1.82) is 0 Å². The molecule has 0 aromatic rings. The van der Waals surface area contributed by atoms with Crippen LogP contribution >= 0.6 is 0 Å². The zero-order valence-electron chi connectivity index (χ0n) is 8.79. The summed E-state index contributed by atoms with van der Waals surface area (Å²) in [4.78, 5) is 22.0. The molecule has 0 spiro atoms. The summed E-state index contributed by atoms with van der Waals surface area (Å²) in [6.45, 7) is 0.990. The molecule has 0 saturated carbocycles. The lowest BCUT2D eigenvalue weighted by molar-refractivity contribution is -0.125. The van der Waals surface area contributed by atoms with Crippen LogP contribution in [0.25, 0.3) is 0 Å². The van der Waals surface area contributed by atoms with E-state index in [1.807, 2.05) is 0 Å². The van der Waals surface area contributed by atoms with Gasteiger partial charge in [0.1, 0.15) is 0 Å². The Hall–Kier alpha value is -0.940. The fraction of sp³-hybridized carbons (Fsp3) is 0.800. The van der Waals surface area contributed by atoms with Crippen LogP contribution in [-0.2, 0) is 9.59 Å². The maximum atomic E-state index is 11.1. The van der Waals surface area contributed by atoms with Crippen molar-refractivity contribution < 1.29 is 14.7 Å². The summed E-state index contributed by atoms with van der Waals surface area (Å²) >= 11 is 0. The average Bonchev–Trinajstić information content (AvgIpc) is 2.51. The molecule has 1 rings (SSSR count). The van der Waals surface area contributed by atoms with E-state index in [4.69, 9.17) is 5.11 Å². The summed E-state index contributed by atoms with van der Waals surface area (Å²) in [6, 6.07) is -0.338. The normalized spacial score (nSPS) is 20.7.